The Morgan fingerprint density at radius 2 is 2.19 bits per heavy atom. The van der Waals surface area contributed by atoms with E-state index in [4.69, 9.17) is 4.42 Å². The van der Waals surface area contributed by atoms with Crippen LogP contribution in [0.4, 0.5) is 11.7 Å². The Hall–Kier alpha value is -2.87. The van der Waals surface area contributed by atoms with Crippen molar-refractivity contribution in [2.24, 2.45) is 7.05 Å². The number of hydrogen-bond donors (Lipinski definition) is 2. The molecule has 1 aromatic carbocycles. The fourth-order valence-corrected chi connectivity index (χ4v) is 3.67. The van der Waals surface area contributed by atoms with Crippen LogP contribution in [-0.2, 0) is 7.05 Å². The number of carbonyl (C=O) groups excluding carboxylic acids is 1. The lowest BCUT2D eigenvalue weighted by Gasteiger charge is -2.11. The Bertz CT molecular complexity index is 1020. The number of rotatable bonds is 4. The second kappa shape index (κ2) is 6.09. The Kier molecular flexibility index (Phi) is 3.68. The number of hydrogen-bond acceptors (Lipinski definition) is 6. The molecule has 5 rings (SSSR count). The minimum absolute atomic E-state index is 0.236. The lowest BCUT2D eigenvalue weighted by molar-refractivity contribution is 0.102. The quantitative estimate of drug-likeness (QED) is 0.734. The number of aromatic nitrogens is 3. The minimum atomic E-state index is -0.374. The van der Waals surface area contributed by atoms with E-state index in [1.165, 1.54) is 6.26 Å². The number of amides is 1. The Morgan fingerprint density at radius 3 is 2.93 bits per heavy atom. The van der Waals surface area contributed by atoms with E-state index in [1.807, 2.05) is 24.2 Å². The SMILES string of the molecule is Cn1cc2cc(NC(=O)c3coc(N4CC[C@H](O)C4)n3)c(C3CC3)cc2n1. The van der Waals surface area contributed by atoms with E-state index in [1.54, 1.807) is 4.68 Å². The molecule has 1 saturated carbocycles. The first-order valence-electron chi connectivity index (χ1n) is 9.24. The van der Waals surface area contributed by atoms with Gasteiger partial charge in [0.1, 0.15) is 6.26 Å². The van der Waals surface area contributed by atoms with Crippen molar-refractivity contribution in [3.63, 3.8) is 0 Å². The zero-order valence-electron chi connectivity index (χ0n) is 15.1. The monoisotopic (exact) mass is 367 g/mol. The molecule has 1 atom stereocenters. The molecule has 1 aliphatic heterocycles. The molecular weight excluding hydrogens is 346 g/mol. The van der Waals surface area contributed by atoms with E-state index in [0.717, 1.165) is 35.0 Å². The molecule has 8 heteroatoms. The highest BCUT2D eigenvalue weighted by Gasteiger charge is 2.29. The number of aliphatic hydroxyl groups excluding tert-OH is 1. The van der Waals surface area contributed by atoms with E-state index in [-0.39, 0.29) is 17.7 Å². The van der Waals surface area contributed by atoms with Gasteiger partial charge < -0.3 is 19.7 Å². The first-order valence-corrected chi connectivity index (χ1v) is 9.24. The number of aryl methyl sites for hydroxylation is 1. The van der Waals surface area contributed by atoms with Gasteiger partial charge in [-0.25, -0.2) is 0 Å². The largest absolute Gasteiger partial charge is 0.431 e. The zero-order valence-corrected chi connectivity index (χ0v) is 15.1. The van der Waals surface area contributed by atoms with E-state index in [0.29, 0.717) is 31.4 Å². The average molecular weight is 367 g/mol. The smallest absolute Gasteiger partial charge is 0.298 e. The van der Waals surface area contributed by atoms with Crippen LogP contribution in [0.2, 0.25) is 0 Å². The van der Waals surface area contributed by atoms with Gasteiger partial charge in [0, 0.05) is 37.4 Å². The Labute approximate surface area is 155 Å². The van der Waals surface area contributed by atoms with Crippen LogP contribution in [-0.4, -0.2) is 45.0 Å². The number of benzene rings is 1. The zero-order chi connectivity index (χ0) is 18.5. The molecule has 3 heterocycles. The number of aliphatic hydroxyl groups is 1. The first kappa shape index (κ1) is 16.3. The summed E-state index contributed by atoms with van der Waals surface area (Å²) in [4.78, 5) is 18.9. The maximum absolute atomic E-state index is 12.7. The molecule has 0 bridgehead atoms. The van der Waals surface area contributed by atoms with E-state index in [9.17, 15) is 9.90 Å². The Morgan fingerprint density at radius 1 is 1.33 bits per heavy atom. The molecule has 8 nitrogen and oxygen atoms in total. The van der Waals surface area contributed by atoms with Gasteiger partial charge >= 0.3 is 0 Å². The van der Waals surface area contributed by atoms with E-state index < -0.39 is 0 Å². The number of nitrogens with zero attached hydrogens (tertiary/aromatic N) is 4. The number of β-amino-alcohol motifs (C(OH)–C–C–N with tert-alkyl or cyclic N) is 1. The number of nitrogens with one attached hydrogen (secondary N) is 1. The van der Waals surface area contributed by atoms with Crippen LogP contribution in [0.5, 0.6) is 0 Å². The first-order chi connectivity index (χ1) is 13.1. The molecule has 2 N–H and O–H groups in total. The molecule has 1 amide bonds. The molecule has 3 aromatic rings. The fraction of sp³-hybridized carbons (Fsp3) is 0.421. The van der Waals surface area contributed by atoms with Crippen molar-refractivity contribution in [1.29, 1.82) is 0 Å². The fourth-order valence-electron chi connectivity index (χ4n) is 3.67. The third-order valence-electron chi connectivity index (χ3n) is 5.21. The van der Waals surface area contributed by atoms with Gasteiger partial charge in [-0.05, 0) is 42.9 Å². The van der Waals surface area contributed by atoms with Crippen LogP contribution >= 0.6 is 0 Å². The van der Waals surface area contributed by atoms with Gasteiger partial charge in [0.25, 0.3) is 11.9 Å². The topological polar surface area (TPSA) is 96.4 Å². The van der Waals surface area contributed by atoms with Crippen LogP contribution < -0.4 is 10.2 Å². The molecule has 2 aromatic heterocycles. The van der Waals surface area contributed by atoms with Crippen LogP contribution in [0.3, 0.4) is 0 Å². The molecule has 27 heavy (non-hydrogen) atoms. The van der Waals surface area contributed by atoms with Crippen LogP contribution in [0.15, 0.2) is 29.0 Å². The summed E-state index contributed by atoms with van der Waals surface area (Å²) >= 11 is 0. The number of fused-ring (bicyclic) bond motifs is 1. The minimum Gasteiger partial charge on any atom is -0.431 e. The van der Waals surface area contributed by atoms with Crippen molar-refractivity contribution in [3.8, 4) is 0 Å². The summed E-state index contributed by atoms with van der Waals surface area (Å²) < 4.78 is 7.23. The standard InChI is InChI=1S/C19H21N5O3/c1-23-8-12-6-16(14(11-2-3-11)7-15(12)22-23)20-18(26)17-10-27-19(21-17)24-5-4-13(25)9-24/h6-8,10-11,13,25H,2-5,9H2,1H3,(H,20,26)/t13-/m0/s1. The summed E-state index contributed by atoms with van der Waals surface area (Å²) in [6, 6.07) is 4.43. The van der Waals surface area contributed by atoms with Crippen molar-refractivity contribution >= 4 is 28.5 Å². The summed E-state index contributed by atoms with van der Waals surface area (Å²) in [5.74, 6) is 0.181. The van der Waals surface area contributed by atoms with Crippen molar-refractivity contribution in [1.82, 2.24) is 14.8 Å². The van der Waals surface area contributed by atoms with Crippen molar-refractivity contribution < 1.29 is 14.3 Å². The second-order valence-electron chi connectivity index (χ2n) is 7.43. The van der Waals surface area contributed by atoms with E-state index in [2.05, 4.69) is 21.5 Å². The summed E-state index contributed by atoms with van der Waals surface area (Å²) in [6.45, 7) is 1.15. The molecule has 1 saturated heterocycles. The highest BCUT2D eigenvalue weighted by atomic mass is 16.4. The molecule has 0 unspecified atom stereocenters. The summed E-state index contributed by atoms with van der Waals surface area (Å²) in [5.41, 5.74) is 3.11. The van der Waals surface area contributed by atoms with Gasteiger partial charge in [-0.3, -0.25) is 9.48 Å². The van der Waals surface area contributed by atoms with Gasteiger partial charge in [0.2, 0.25) is 0 Å². The predicted octanol–water partition coefficient (Wildman–Crippen LogP) is 2.26. The summed E-state index contributed by atoms with van der Waals surface area (Å²) in [7, 11) is 1.89. The van der Waals surface area contributed by atoms with Gasteiger partial charge in [0.15, 0.2) is 5.69 Å². The molecule has 0 spiro atoms. The third kappa shape index (κ3) is 3.06. The van der Waals surface area contributed by atoms with E-state index >= 15 is 0 Å². The van der Waals surface area contributed by atoms with Gasteiger partial charge in [-0.2, -0.15) is 10.1 Å². The summed E-state index contributed by atoms with van der Waals surface area (Å²) in [5, 5.41) is 18.1. The molecule has 2 fully saturated rings. The third-order valence-corrected chi connectivity index (χ3v) is 5.21. The lowest BCUT2D eigenvalue weighted by Crippen LogP contribution is -2.21. The van der Waals surface area contributed by atoms with Gasteiger partial charge in [0.05, 0.1) is 11.6 Å². The molecular formula is C19H21N5O3. The highest BCUT2D eigenvalue weighted by molar-refractivity contribution is 6.04. The van der Waals surface area contributed by atoms with Crippen LogP contribution in [0, 0.1) is 0 Å². The van der Waals surface area contributed by atoms with Gasteiger partial charge in [-0.1, -0.05) is 0 Å². The molecule has 140 valence electrons. The van der Waals surface area contributed by atoms with Crippen molar-refractivity contribution in [3.05, 3.63) is 35.9 Å². The van der Waals surface area contributed by atoms with Crippen molar-refractivity contribution in [2.75, 3.05) is 23.3 Å². The summed E-state index contributed by atoms with van der Waals surface area (Å²) in [6.07, 6.45) is 5.88. The molecule has 0 radical (unpaired) electrons. The maximum atomic E-state index is 12.7. The van der Waals surface area contributed by atoms with Crippen molar-refractivity contribution in [2.45, 2.75) is 31.3 Å². The Balaban J connectivity index is 1.40. The average Bonchev–Trinajstić information content (AvgIpc) is 3.03. The predicted molar refractivity (Wildman–Crippen MR) is 100.0 cm³/mol. The number of anilines is 2. The van der Waals surface area contributed by atoms with Crippen LogP contribution in [0.25, 0.3) is 10.9 Å². The lowest BCUT2D eigenvalue weighted by atomic mass is 10.1. The maximum Gasteiger partial charge on any atom is 0.298 e. The highest BCUT2D eigenvalue weighted by Crippen LogP contribution is 2.44. The molecule has 2 aliphatic rings. The van der Waals surface area contributed by atoms with Gasteiger partial charge in [-0.15, -0.1) is 0 Å². The number of oxazole rings is 1. The van der Waals surface area contributed by atoms with Crippen LogP contribution in [0.1, 0.15) is 41.2 Å². The molecule has 1 aliphatic carbocycles. The number of carbonyl (C=O) groups is 1. The normalized spacial score (nSPS) is 19.8. The second-order valence-corrected chi connectivity index (χ2v) is 7.43.